The van der Waals surface area contributed by atoms with E-state index in [0.717, 1.165) is 16.9 Å². The minimum Gasteiger partial charge on any atom is -0.381 e. The molecule has 4 nitrogen and oxygen atoms in total. The second-order valence-corrected chi connectivity index (χ2v) is 5.70. The number of pyridine rings is 1. The molecule has 0 bridgehead atoms. The number of benzene rings is 1. The molecule has 3 rings (SSSR count). The Morgan fingerprint density at radius 1 is 1.29 bits per heavy atom. The molecule has 0 radical (unpaired) electrons. The van der Waals surface area contributed by atoms with Crippen LogP contribution >= 0.6 is 11.6 Å². The molecule has 1 aliphatic rings. The molecule has 0 spiro atoms. The zero-order valence-corrected chi connectivity index (χ0v) is 12.4. The first-order valence-corrected chi connectivity index (χ1v) is 7.30. The fourth-order valence-corrected chi connectivity index (χ4v) is 2.26. The van der Waals surface area contributed by atoms with Gasteiger partial charge in [0.1, 0.15) is 5.69 Å². The minimum atomic E-state index is -0.224. The van der Waals surface area contributed by atoms with E-state index in [1.807, 2.05) is 19.1 Å². The zero-order chi connectivity index (χ0) is 14.8. The Labute approximate surface area is 128 Å². The predicted molar refractivity (Wildman–Crippen MR) is 85.0 cm³/mol. The number of carbonyl (C=O) groups excluding carboxylic acids is 1. The third-order valence-electron chi connectivity index (χ3n) is 3.38. The Morgan fingerprint density at radius 3 is 2.71 bits per heavy atom. The lowest BCUT2D eigenvalue weighted by Crippen LogP contribution is -2.14. The lowest BCUT2D eigenvalue weighted by molar-refractivity contribution is 0.102. The van der Waals surface area contributed by atoms with Crippen LogP contribution in [0.5, 0.6) is 0 Å². The highest BCUT2D eigenvalue weighted by Crippen LogP contribution is 2.24. The van der Waals surface area contributed by atoms with Gasteiger partial charge in [0.25, 0.3) is 5.91 Å². The van der Waals surface area contributed by atoms with Crippen LogP contribution in [0.2, 0.25) is 5.02 Å². The number of hydrogen-bond donors (Lipinski definition) is 2. The SMILES string of the molecule is Cc1cc(Cl)ccc1NC(=O)c1ccc(NC2CC2)cn1. The maximum absolute atomic E-state index is 12.2. The molecular formula is C16H16ClN3O. The van der Waals surface area contributed by atoms with Gasteiger partial charge in [0.05, 0.1) is 11.9 Å². The van der Waals surface area contributed by atoms with Crippen LogP contribution in [-0.2, 0) is 0 Å². The van der Waals surface area contributed by atoms with Crippen LogP contribution in [0.15, 0.2) is 36.5 Å². The van der Waals surface area contributed by atoms with Gasteiger partial charge in [-0.2, -0.15) is 0 Å². The van der Waals surface area contributed by atoms with Crippen molar-refractivity contribution in [3.05, 3.63) is 52.8 Å². The van der Waals surface area contributed by atoms with E-state index in [2.05, 4.69) is 15.6 Å². The van der Waals surface area contributed by atoms with E-state index in [1.165, 1.54) is 12.8 Å². The summed E-state index contributed by atoms with van der Waals surface area (Å²) in [6.07, 6.45) is 4.11. The van der Waals surface area contributed by atoms with E-state index in [4.69, 9.17) is 11.6 Å². The van der Waals surface area contributed by atoms with Gasteiger partial charge in [-0.1, -0.05) is 11.6 Å². The van der Waals surface area contributed by atoms with Crippen molar-refractivity contribution in [3.63, 3.8) is 0 Å². The molecule has 1 amide bonds. The molecule has 21 heavy (non-hydrogen) atoms. The fraction of sp³-hybridized carbons (Fsp3) is 0.250. The van der Waals surface area contributed by atoms with E-state index in [-0.39, 0.29) is 5.91 Å². The minimum absolute atomic E-state index is 0.224. The van der Waals surface area contributed by atoms with E-state index >= 15 is 0 Å². The van der Waals surface area contributed by atoms with Gasteiger partial charge in [0.2, 0.25) is 0 Å². The van der Waals surface area contributed by atoms with Crippen molar-refractivity contribution >= 4 is 28.9 Å². The summed E-state index contributed by atoms with van der Waals surface area (Å²) in [5.74, 6) is -0.224. The normalized spacial score (nSPS) is 13.8. The van der Waals surface area contributed by atoms with Crippen LogP contribution in [0, 0.1) is 6.92 Å². The van der Waals surface area contributed by atoms with E-state index < -0.39 is 0 Å². The number of amides is 1. The molecule has 1 aliphatic carbocycles. The first kappa shape index (κ1) is 13.9. The van der Waals surface area contributed by atoms with Crippen molar-refractivity contribution in [2.45, 2.75) is 25.8 Å². The van der Waals surface area contributed by atoms with Crippen LogP contribution in [0.3, 0.4) is 0 Å². The zero-order valence-electron chi connectivity index (χ0n) is 11.7. The maximum atomic E-state index is 12.2. The molecule has 0 unspecified atom stereocenters. The average molecular weight is 302 g/mol. The number of halogens is 1. The van der Waals surface area contributed by atoms with Crippen LogP contribution in [-0.4, -0.2) is 16.9 Å². The fourth-order valence-electron chi connectivity index (χ4n) is 2.03. The van der Waals surface area contributed by atoms with Gasteiger partial charge < -0.3 is 10.6 Å². The van der Waals surface area contributed by atoms with Crippen LogP contribution < -0.4 is 10.6 Å². The number of carbonyl (C=O) groups is 1. The van der Waals surface area contributed by atoms with E-state index in [0.29, 0.717) is 16.8 Å². The second-order valence-electron chi connectivity index (χ2n) is 5.26. The van der Waals surface area contributed by atoms with Gasteiger partial charge >= 0.3 is 0 Å². The lowest BCUT2D eigenvalue weighted by atomic mass is 10.2. The van der Waals surface area contributed by atoms with Crippen molar-refractivity contribution in [2.24, 2.45) is 0 Å². The third kappa shape index (κ3) is 3.52. The summed E-state index contributed by atoms with van der Waals surface area (Å²) in [6, 6.07) is 9.54. The number of aromatic nitrogens is 1. The summed E-state index contributed by atoms with van der Waals surface area (Å²) in [5, 5.41) is 6.84. The number of nitrogens with one attached hydrogen (secondary N) is 2. The highest BCUT2D eigenvalue weighted by molar-refractivity contribution is 6.30. The van der Waals surface area contributed by atoms with Crippen LogP contribution in [0.4, 0.5) is 11.4 Å². The molecule has 0 saturated heterocycles. The Bertz CT molecular complexity index is 666. The summed E-state index contributed by atoms with van der Waals surface area (Å²) in [5.41, 5.74) is 3.01. The summed E-state index contributed by atoms with van der Waals surface area (Å²) >= 11 is 5.90. The number of hydrogen-bond acceptors (Lipinski definition) is 3. The van der Waals surface area contributed by atoms with Gasteiger partial charge in [0, 0.05) is 16.8 Å². The summed E-state index contributed by atoms with van der Waals surface area (Å²) in [4.78, 5) is 16.4. The average Bonchev–Trinajstić information content (AvgIpc) is 3.26. The predicted octanol–water partition coefficient (Wildman–Crippen LogP) is 3.87. The van der Waals surface area contributed by atoms with E-state index in [9.17, 15) is 4.79 Å². The Balaban J connectivity index is 1.69. The van der Waals surface area contributed by atoms with Gasteiger partial charge in [0.15, 0.2) is 0 Å². The molecule has 0 aliphatic heterocycles. The topological polar surface area (TPSA) is 54.0 Å². The van der Waals surface area contributed by atoms with Crippen molar-refractivity contribution in [1.29, 1.82) is 0 Å². The lowest BCUT2D eigenvalue weighted by Gasteiger charge is -2.09. The van der Waals surface area contributed by atoms with Gasteiger partial charge in [-0.15, -0.1) is 0 Å². The number of anilines is 2. The van der Waals surface area contributed by atoms with Crippen LogP contribution in [0.25, 0.3) is 0 Å². The van der Waals surface area contributed by atoms with Gasteiger partial charge in [-0.3, -0.25) is 4.79 Å². The van der Waals surface area contributed by atoms with Crippen molar-refractivity contribution < 1.29 is 4.79 Å². The summed E-state index contributed by atoms with van der Waals surface area (Å²) in [7, 11) is 0. The summed E-state index contributed by atoms with van der Waals surface area (Å²) < 4.78 is 0. The Kier molecular flexibility index (Phi) is 3.80. The first-order valence-electron chi connectivity index (χ1n) is 6.92. The van der Waals surface area contributed by atoms with E-state index in [1.54, 1.807) is 24.4 Å². The second kappa shape index (κ2) is 5.74. The quantitative estimate of drug-likeness (QED) is 0.901. The largest absolute Gasteiger partial charge is 0.381 e. The van der Waals surface area contributed by atoms with Crippen molar-refractivity contribution in [2.75, 3.05) is 10.6 Å². The molecule has 2 aromatic rings. The smallest absolute Gasteiger partial charge is 0.274 e. The number of nitrogens with zero attached hydrogens (tertiary/aromatic N) is 1. The molecule has 1 aromatic carbocycles. The molecule has 1 fully saturated rings. The Morgan fingerprint density at radius 2 is 2.10 bits per heavy atom. The van der Waals surface area contributed by atoms with Gasteiger partial charge in [-0.25, -0.2) is 4.98 Å². The molecule has 1 saturated carbocycles. The molecule has 1 aromatic heterocycles. The highest BCUT2D eigenvalue weighted by atomic mass is 35.5. The van der Waals surface area contributed by atoms with Crippen LogP contribution in [0.1, 0.15) is 28.9 Å². The monoisotopic (exact) mass is 301 g/mol. The molecule has 108 valence electrons. The summed E-state index contributed by atoms with van der Waals surface area (Å²) in [6.45, 7) is 1.90. The molecule has 1 heterocycles. The molecular weight excluding hydrogens is 286 g/mol. The number of aryl methyl sites for hydroxylation is 1. The van der Waals surface area contributed by atoms with Crippen molar-refractivity contribution in [1.82, 2.24) is 4.98 Å². The van der Waals surface area contributed by atoms with Gasteiger partial charge in [-0.05, 0) is 55.7 Å². The third-order valence-corrected chi connectivity index (χ3v) is 3.62. The highest BCUT2D eigenvalue weighted by Gasteiger charge is 2.20. The Hall–Kier alpha value is -2.07. The molecule has 5 heteroatoms. The standard InChI is InChI=1S/C16H16ClN3O/c1-10-8-11(17)2-6-14(10)20-16(21)15-7-5-13(9-18-15)19-12-3-4-12/h2,5-9,12,19H,3-4H2,1H3,(H,20,21). The molecule has 2 N–H and O–H groups in total. The first-order chi connectivity index (χ1) is 10.1. The molecule has 0 atom stereocenters. The number of rotatable bonds is 4. The van der Waals surface area contributed by atoms with Crippen molar-refractivity contribution in [3.8, 4) is 0 Å². The maximum Gasteiger partial charge on any atom is 0.274 e.